The summed E-state index contributed by atoms with van der Waals surface area (Å²) < 4.78 is 38.0. The molecule has 2 heterocycles. The molecule has 2 aliphatic heterocycles. The fraction of sp³-hybridized carbons (Fsp3) is 0.0667. The molecule has 2 aromatic carbocycles. The smallest absolute Gasteiger partial charge is 0.285 e. The summed E-state index contributed by atoms with van der Waals surface area (Å²) in [6.07, 6.45) is 1.55. The van der Waals surface area contributed by atoms with Crippen molar-refractivity contribution >= 4 is 22.1 Å². The molecule has 0 fully saturated rings. The lowest BCUT2D eigenvalue weighted by molar-refractivity contribution is 0.174. The SMILES string of the molecule is O=S1(=O)N=C(N/N=C/c2ccc3c(c2)OCO3)c2ccccc21. The molecule has 0 spiro atoms. The number of ether oxygens (including phenoxy) is 2. The third-order valence-electron chi connectivity index (χ3n) is 3.41. The van der Waals surface area contributed by atoms with Gasteiger partial charge < -0.3 is 9.47 Å². The molecule has 0 saturated carbocycles. The van der Waals surface area contributed by atoms with Crippen molar-refractivity contribution in [1.29, 1.82) is 0 Å². The molecular formula is C15H11N3O4S. The van der Waals surface area contributed by atoms with Crippen LogP contribution < -0.4 is 14.9 Å². The third kappa shape index (κ3) is 2.42. The first-order valence-corrected chi connectivity index (χ1v) is 8.21. The average Bonchev–Trinajstić information content (AvgIpc) is 3.10. The Labute approximate surface area is 132 Å². The van der Waals surface area contributed by atoms with E-state index < -0.39 is 10.0 Å². The summed E-state index contributed by atoms with van der Waals surface area (Å²) in [5.74, 6) is 1.55. The Kier molecular flexibility index (Phi) is 3.05. The van der Waals surface area contributed by atoms with Crippen LogP contribution in [-0.4, -0.2) is 27.3 Å². The van der Waals surface area contributed by atoms with Crippen LogP contribution >= 0.6 is 0 Å². The van der Waals surface area contributed by atoms with Gasteiger partial charge in [-0.1, -0.05) is 12.1 Å². The maximum atomic E-state index is 11.9. The van der Waals surface area contributed by atoms with Crippen LogP contribution in [0.1, 0.15) is 11.1 Å². The van der Waals surface area contributed by atoms with E-state index in [1.165, 1.54) is 6.07 Å². The first-order chi connectivity index (χ1) is 11.1. The number of hydrogen-bond donors (Lipinski definition) is 1. The number of rotatable bonds is 2. The van der Waals surface area contributed by atoms with Crippen LogP contribution in [0, 0.1) is 0 Å². The maximum Gasteiger partial charge on any atom is 0.285 e. The van der Waals surface area contributed by atoms with Gasteiger partial charge in [0.1, 0.15) is 4.90 Å². The molecule has 116 valence electrons. The summed E-state index contributed by atoms with van der Waals surface area (Å²) in [6, 6.07) is 12.0. The lowest BCUT2D eigenvalue weighted by Crippen LogP contribution is -2.17. The number of benzene rings is 2. The Balaban J connectivity index is 1.56. The molecule has 0 unspecified atom stereocenters. The largest absolute Gasteiger partial charge is 0.454 e. The van der Waals surface area contributed by atoms with Crippen LogP contribution in [0.2, 0.25) is 0 Å². The lowest BCUT2D eigenvalue weighted by Gasteiger charge is -2.00. The zero-order chi connectivity index (χ0) is 15.9. The maximum absolute atomic E-state index is 11.9. The van der Waals surface area contributed by atoms with E-state index in [0.717, 1.165) is 5.56 Å². The predicted molar refractivity (Wildman–Crippen MR) is 83.5 cm³/mol. The second-order valence-electron chi connectivity index (χ2n) is 4.89. The van der Waals surface area contributed by atoms with Gasteiger partial charge >= 0.3 is 0 Å². The number of sulfonamides is 1. The second kappa shape index (κ2) is 5.10. The van der Waals surface area contributed by atoms with Gasteiger partial charge in [0, 0.05) is 5.56 Å². The van der Waals surface area contributed by atoms with Crippen LogP contribution in [0.5, 0.6) is 11.5 Å². The number of nitrogens with zero attached hydrogens (tertiary/aromatic N) is 2. The third-order valence-corrected chi connectivity index (χ3v) is 4.75. The molecule has 0 saturated heterocycles. The van der Waals surface area contributed by atoms with Gasteiger partial charge in [0.2, 0.25) is 6.79 Å². The van der Waals surface area contributed by atoms with Gasteiger partial charge in [-0.3, -0.25) is 5.43 Å². The van der Waals surface area contributed by atoms with Crippen molar-refractivity contribution in [1.82, 2.24) is 5.43 Å². The summed E-state index contributed by atoms with van der Waals surface area (Å²) in [5, 5.41) is 4.05. The Morgan fingerprint density at radius 1 is 1.13 bits per heavy atom. The summed E-state index contributed by atoms with van der Waals surface area (Å²) >= 11 is 0. The van der Waals surface area contributed by atoms with Gasteiger partial charge in [-0.05, 0) is 35.9 Å². The summed E-state index contributed by atoms with van der Waals surface area (Å²) in [7, 11) is -3.64. The Morgan fingerprint density at radius 2 is 1.96 bits per heavy atom. The highest BCUT2D eigenvalue weighted by Crippen LogP contribution is 2.32. The fourth-order valence-corrected chi connectivity index (χ4v) is 3.52. The second-order valence-corrected chi connectivity index (χ2v) is 6.47. The first-order valence-electron chi connectivity index (χ1n) is 6.77. The standard InChI is InChI=1S/C15H11N3O4S/c19-23(20)14-4-2-1-3-11(14)15(18-23)17-16-8-10-5-6-12-13(7-10)22-9-21-12/h1-8H,9H2,(H,17,18)/b16-8+. The van der Waals surface area contributed by atoms with E-state index in [4.69, 9.17) is 9.47 Å². The van der Waals surface area contributed by atoms with Crippen molar-refractivity contribution in [3.05, 3.63) is 53.6 Å². The quantitative estimate of drug-likeness (QED) is 0.666. The fourth-order valence-electron chi connectivity index (χ4n) is 2.35. The number of hydrogen-bond acceptors (Lipinski definition) is 6. The molecule has 0 aromatic heterocycles. The molecule has 8 heteroatoms. The number of hydrazone groups is 1. The van der Waals surface area contributed by atoms with Crippen LogP contribution in [0.25, 0.3) is 0 Å². The van der Waals surface area contributed by atoms with E-state index in [-0.39, 0.29) is 17.5 Å². The Morgan fingerprint density at radius 3 is 2.87 bits per heavy atom. The first kappa shape index (κ1) is 13.8. The highest BCUT2D eigenvalue weighted by molar-refractivity contribution is 7.90. The monoisotopic (exact) mass is 329 g/mol. The van der Waals surface area contributed by atoms with E-state index in [1.54, 1.807) is 36.5 Å². The highest BCUT2D eigenvalue weighted by Gasteiger charge is 2.28. The van der Waals surface area contributed by atoms with E-state index >= 15 is 0 Å². The minimum atomic E-state index is -3.64. The van der Waals surface area contributed by atoms with E-state index in [9.17, 15) is 8.42 Å². The van der Waals surface area contributed by atoms with Crippen LogP contribution in [-0.2, 0) is 10.0 Å². The molecule has 0 bridgehead atoms. The molecule has 0 aliphatic carbocycles. The van der Waals surface area contributed by atoms with Gasteiger partial charge in [-0.25, -0.2) is 0 Å². The lowest BCUT2D eigenvalue weighted by atomic mass is 10.2. The van der Waals surface area contributed by atoms with Crippen molar-refractivity contribution in [2.75, 3.05) is 6.79 Å². The molecule has 7 nitrogen and oxygen atoms in total. The van der Waals surface area contributed by atoms with Crippen molar-refractivity contribution < 1.29 is 17.9 Å². The van der Waals surface area contributed by atoms with Crippen molar-refractivity contribution in [2.45, 2.75) is 4.90 Å². The summed E-state index contributed by atoms with van der Waals surface area (Å²) in [6.45, 7) is 0.208. The van der Waals surface area contributed by atoms with Gasteiger partial charge in [-0.15, -0.1) is 4.40 Å². The minimum Gasteiger partial charge on any atom is -0.454 e. The molecule has 0 amide bonds. The van der Waals surface area contributed by atoms with Crippen LogP contribution in [0.4, 0.5) is 0 Å². The van der Waals surface area contributed by atoms with E-state index in [1.807, 2.05) is 6.07 Å². The molecule has 23 heavy (non-hydrogen) atoms. The topological polar surface area (TPSA) is 89.4 Å². The minimum absolute atomic E-state index is 0.181. The van der Waals surface area contributed by atoms with Gasteiger partial charge in [0.15, 0.2) is 17.3 Å². The van der Waals surface area contributed by atoms with E-state index in [0.29, 0.717) is 17.1 Å². The number of amidine groups is 1. The van der Waals surface area contributed by atoms with Crippen molar-refractivity contribution in [2.24, 2.45) is 9.50 Å². The normalized spacial score (nSPS) is 17.1. The number of nitrogens with one attached hydrogen (secondary N) is 1. The molecular weight excluding hydrogens is 318 g/mol. The van der Waals surface area contributed by atoms with Crippen LogP contribution in [0.3, 0.4) is 0 Å². The van der Waals surface area contributed by atoms with Gasteiger partial charge in [0.25, 0.3) is 10.0 Å². The predicted octanol–water partition coefficient (Wildman–Crippen LogP) is 1.49. The zero-order valence-corrected chi connectivity index (χ0v) is 12.6. The highest BCUT2D eigenvalue weighted by atomic mass is 32.2. The van der Waals surface area contributed by atoms with E-state index in [2.05, 4.69) is 14.9 Å². The summed E-state index contributed by atoms with van der Waals surface area (Å²) in [4.78, 5) is 0.181. The molecule has 2 aromatic rings. The Bertz CT molecular complexity index is 951. The molecule has 4 rings (SSSR count). The molecule has 0 radical (unpaired) electrons. The average molecular weight is 329 g/mol. The summed E-state index contributed by atoms with van der Waals surface area (Å²) in [5.41, 5.74) is 3.98. The molecule has 2 aliphatic rings. The zero-order valence-electron chi connectivity index (χ0n) is 11.8. The Hall–Kier alpha value is -2.87. The van der Waals surface area contributed by atoms with Crippen molar-refractivity contribution in [3.8, 4) is 11.5 Å². The van der Waals surface area contributed by atoms with Gasteiger partial charge in [0.05, 0.1) is 6.21 Å². The van der Waals surface area contributed by atoms with Gasteiger partial charge in [-0.2, -0.15) is 13.5 Å². The molecule has 1 N–H and O–H groups in total. The van der Waals surface area contributed by atoms with Crippen molar-refractivity contribution in [3.63, 3.8) is 0 Å². The molecule has 0 atom stereocenters. The van der Waals surface area contributed by atoms with Crippen LogP contribution in [0.15, 0.2) is 56.9 Å². The number of fused-ring (bicyclic) bond motifs is 2.